The normalized spacial score (nSPS) is 14.1. The molecule has 0 saturated carbocycles. The van der Waals surface area contributed by atoms with Gasteiger partial charge in [-0.05, 0) is 40.8 Å². The summed E-state index contributed by atoms with van der Waals surface area (Å²) in [6.07, 6.45) is 0. The number of benzene rings is 2. The number of thioether (sulfide) groups is 1. The molecule has 0 heterocycles. The number of carbonyl (C=O) groups is 1. The fourth-order valence-electron chi connectivity index (χ4n) is 1.95. The first-order valence-electron chi connectivity index (χ1n) is 7.14. The molecular formula is C15H15IN4O5S. The van der Waals surface area contributed by atoms with E-state index in [4.69, 9.17) is 16.1 Å². The van der Waals surface area contributed by atoms with Gasteiger partial charge >= 0.3 is 0 Å². The average Bonchev–Trinajstić information content (AvgIpc) is 2.60. The van der Waals surface area contributed by atoms with Crippen molar-refractivity contribution >= 4 is 62.4 Å². The van der Waals surface area contributed by atoms with E-state index in [1.165, 1.54) is 18.2 Å². The zero-order valence-corrected chi connectivity index (χ0v) is 16.2. The van der Waals surface area contributed by atoms with Crippen LogP contribution in [0.5, 0.6) is 0 Å². The average molecular weight is 490 g/mol. The van der Waals surface area contributed by atoms with Gasteiger partial charge in [0.05, 0.1) is 15.0 Å². The van der Waals surface area contributed by atoms with Gasteiger partial charge in [0.1, 0.15) is 0 Å². The Morgan fingerprint density at radius 3 is 2.58 bits per heavy atom. The molecule has 0 aliphatic carbocycles. The van der Waals surface area contributed by atoms with Crippen molar-refractivity contribution in [3.63, 3.8) is 0 Å². The highest BCUT2D eigenvalue weighted by atomic mass is 127. The highest BCUT2D eigenvalue weighted by molar-refractivity contribution is 14.1. The molecule has 0 aliphatic heterocycles. The summed E-state index contributed by atoms with van der Waals surface area (Å²) in [6, 6.07) is 10.4. The van der Waals surface area contributed by atoms with Crippen molar-refractivity contribution in [1.29, 1.82) is 0 Å². The maximum Gasteiger partial charge on any atom is 0.177 e. The van der Waals surface area contributed by atoms with Crippen LogP contribution >= 0.6 is 34.4 Å². The third-order valence-corrected chi connectivity index (χ3v) is 4.94. The number of amidine groups is 1. The Labute approximate surface area is 166 Å². The van der Waals surface area contributed by atoms with Crippen LogP contribution in [0.2, 0.25) is 0 Å². The minimum absolute atomic E-state index is 0.0202. The first-order chi connectivity index (χ1) is 12.3. The Hall–Kier alpha value is -1.58. The van der Waals surface area contributed by atoms with Gasteiger partial charge < -0.3 is 16.1 Å². The molecule has 2 atom stereocenters. The number of nitrogens with zero attached hydrogens (tertiary/aromatic N) is 1. The van der Waals surface area contributed by atoms with Gasteiger partial charge in [0.25, 0.3) is 0 Å². The molecule has 26 heavy (non-hydrogen) atoms. The lowest BCUT2D eigenvalue weighted by molar-refractivity contribution is -0.991. The number of rotatable bonds is 6. The molecule has 0 spiro atoms. The van der Waals surface area contributed by atoms with E-state index in [0.717, 1.165) is 11.8 Å². The minimum Gasteiger partial charge on any atom is -0.595 e. The molecule has 138 valence electrons. The second kappa shape index (κ2) is 9.38. The zero-order valence-electron chi connectivity index (χ0n) is 13.2. The molecule has 2 aromatic rings. The fourth-order valence-corrected chi connectivity index (χ4v) is 3.14. The molecule has 0 fully saturated rings. The van der Waals surface area contributed by atoms with Crippen LogP contribution in [0.25, 0.3) is 0 Å². The number of ketones is 1. The predicted molar refractivity (Wildman–Crippen MR) is 105 cm³/mol. The summed E-state index contributed by atoms with van der Waals surface area (Å²) in [5, 5.41) is 38.1. The molecule has 9 nitrogen and oxygen atoms in total. The number of carbonyl (C=O) groups excluding carboxylic acids is 1. The van der Waals surface area contributed by atoms with Crippen molar-refractivity contribution in [2.45, 2.75) is 0 Å². The van der Waals surface area contributed by atoms with Crippen molar-refractivity contribution in [3.05, 3.63) is 62.0 Å². The fraction of sp³-hybridized carbons (Fsp3) is 0.0667. The maximum absolute atomic E-state index is 12.2. The lowest BCUT2D eigenvalue weighted by Crippen LogP contribution is -2.99. The summed E-state index contributed by atoms with van der Waals surface area (Å²) in [5.41, 5.74) is 6.57. The first kappa shape index (κ1) is 20.7. The Balaban J connectivity index is 2.05. The van der Waals surface area contributed by atoms with E-state index in [2.05, 4.69) is 4.99 Å². The minimum atomic E-state index is -1.10. The third-order valence-electron chi connectivity index (χ3n) is 3.20. The van der Waals surface area contributed by atoms with Gasteiger partial charge in [-0.1, -0.05) is 17.8 Å². The van der Waals surface area contributed by atoms with E-state index < -0.39 is 10.5 Å². The Morgan fingerprint density at radius 2 is 1.92 bits per heavy atom. The quantitative estimate of drug-likeness (QED) is 0.131. The predicted octanol–water partition coefficient (Wildman–Crippen LogP) is 0.660. The van der Waals surface area contributed by atoms with Gasteiger partial charge in [0.2, 0.25) is 0 Å². The third kappa shape index (κ3) is 5.72. The maximum atomic E-state index is 12.2. The summed E-state index contributed by atoms with van der Waals surface area (Å²) in [6.45, 7) is 0. The topological polar surface area (TPSA) is 151 Å². The summed E-state index contributed by atoms with van der Waals surface area (Å²) in [4.78, 5) is 16.3. The van der Waals surface area contributed by atoms with Crippen LogP contribution in [-0.2, 0) is 0 Å². The van der Waals surface area contributed by atoms with E-state index in [0.29, 0.717) is 9.26 Å². The van der Waals surface area contributed by atoms with Crippen molar-refractivity contribution in [2.75, 3.05) is 5.75 Å². The van der Waals surface area contributed by atoms with Crippen molar-refractivity contribution < 1.29 is 25.7 Å². The zero-order chi connectivity index (χ0) is 19.3. The van der Waals surface area contributed by atoms with Crippen LogP contribution in [0, 0.1) is 14.0 Å². The van der Waals surface area contributed by atoms with E-state index in [1.807, 2.05) is 22.6 Å². The van der Waals surface area contributed by atoms with Gasteiger partial charge in [0, 0.05) is 23.8 Å². The number of quaternary nitrogens is 2. The van der Waals surface area contributed by atoms with Gasteiger partial charge in [-0.2, -0.15) is 10.5 Å². The largest absolute Gasteiger partial charge is 0.595 e. The molecule has 0 aromatic heterocycles. The second-order valence-corrected chi connectivity index (χ2v) is 7.17. The standard InChI is InChI=1S/C15H15IN4O5S/c16-12-5-4-9(6-13(12)20(24)25)14(21)8-26-15(17)18-10-2-1-3-11(7-10)19(22)23/h1-7,19-20,22,24H,8H2,(H2,17,18). The molecule has 2 aromatic carbocycles. The number of hydrogen-bond donors (Lipinski definition) is 5. The Morgan fingerprint density at radius 1 is 1.19 bits per heavy atom. The Bertz CT molecular complexity index is 831. The second-order valence-electron chi connectivity index (χ2n) is 5.02. The molecule has 11 heteroatoms. The Kier molecular flexibility index (Phi) is 7.48. The van der Waals surface area contributed by atoms with Crippen LogP contribution in [0.1, 0.15) is 10.4 Å². The van der Waals surface area contributed by atoms with Crippen molar-refractivity contribution in [3.8, 4) is 0 Å². The number of Topliss-reactive ketones (excluding diaryl/α,β-unsaturated/α-hetero) is 1. The van der Waals surface area contributed by atoms with Gasteiger partial charge in [-0.25, -0.2) is 15.4 Å². The molecule has 2 rings (SSSR count). The van der Waals surface area contributed by atoms with E-state index in [1.54, 1.807) is 24.3 Å². The summed E-state index contributed by atoms with van der Waals surface area (Å²) >= 11 is 2.88. The highest BCUT2D eigenvalue weighted by Gasteiger charge is 2.13. The molecule has 0 radical (unpaired) electrons. The number of nitrogens with two attached hydrogens (primary N) is 1. The van der Waals surface area contributed by atoms with Gasteiger partial charge in [-0.3, -0.25) is 4.79 Å². The van der Waals surface area contributed by atoms with Crippen LogP contribution < -0.4 is 16.2 Å². The summed E-state index contributed by atoms with van der Waals surface area (Å²) < 4.78 is 0.540. The monoisotopic (exact) mass is 490 g/mol. The molecule has 0 bridgehead atoms. The first-order valence-corrected chi connectivity index (χ1v) is 9.20. The van der Waals surface area contributed by atoms with Crippen LogP contribution in [0.15, 0.2) is 47.5 Å². The van der Waals surface area contributed by atoms with E-state index in [-0.39, 0.29) is 33.6 Å². The summed E-state index contributed by atoms with van der Waals surface area (Å²) in [7, 11) is 0. The molecule has 2 unspecified atom stereocenters. The SMILES string of the molecule is NC(=Nc1cccc([NH+]([O-])O)c1)SCC(=O)c1ccc(I)c([NH+]([O-])O)c1. The van der Waals surface area contributed by atoms with Gasteiger partial charge in [-0.15, -0.1) is 0 Å². The smallest absolute Gasteiger partial charge is 0.177 e. The van der Waals surface area contributed by atoms with Crippen LogP contribution in [0.3, 0.4) is 0 Å². The van der Waals surface area contributed by atoms with E-state index >= 15 is 0 Å². The van der Waals surface area contributed by atoms with E-state index in [9.17, 15) is 15.2 Å². The molecule has 6 N–H and O–H groups in total. The van der Waals surface area contributed by atoms with Gasteiger partial charge in [0.15, 0.2) is 22.3 Å². The number of hydrogen-bond acceptors (Lipinski definition) is 7. The molecule has 0 saturated heterocycles. The number of aliphatic imine (C=N–C) groups is 1. The van der Waals surface area contributed by atoms with Crippen LogP contribution in [-0.4, -0.2) is 27.1 Å². The number of halogens is 1. The van der Waals surface area contributed by atoms with Crippen molar-refractivity contribution in [1.82, 2.24) is 0 Å². The molecule has 0 amide bonds. The summed E-state index contributed by atoms with van der Waals surface area (Å²) in [5.74, 6) is -0.306. The van der Waals surface area contributed by atoms with Crippen molar-refractivity contribution in [2.24, 2.45) is 10.7 Å². The van der Waals surface area contributed by atoms with Crippen LogP contribution in [0.4, 0.5) is 17.1 Å². The molecular weight excluding hydrogens is 475 g/mol. The highest BCUT2D eigenvalue weighted by Crippen LogP contribution is 2.19. The molecule has 0 aliphatic rings. The lowest BCUT2D eigenvalue weighted by atomic mass is 10.1. The lowest BCUT2D eigenvalue weighted by Gasteiger charge is -2.14. The number of nitrogens with one attached hydrogen (secondary N) is 2.